The molecule has 0 radical (unpaired) electrons. The highest BCUT2D eigenvalue weighted by Crippen LogP contribution is 2.28. The van der Waals surface area contributed by atoms with E-state index in [0.717, 1.165) is 24.8 Å². The lowest BCUT2D eigenvalue weighted by Crippen LogP contribution is -2.19. The van der Waals surface area contributed by atoms with E-state index in [9.17, 15) is 13.2 Å². The number of hydrogen-bond donors (Lipinski definition) is 1. The van der Waals surface area contributed by atoms with Crippen LogP contribution >= 0.6 is 0 Å². The van der Waals surface area contributed by atoms with Crippen molar-refractivity contribution in [2.45, 2.75) is 25.7 Å². The van der Waals surface area contributed by atoms with Gasteiger partial charge < -0.3 is 8.60 Å². The van der Waals surface area contributed by atoms with Gasteiger partial charge in [0.25, 0.3) is 0 Å². The number of hydrogen-bond acceptors (Lipinski definition) is 5. The predicted octanol–water partition coefficient (Wildman–Crippen LogP) is 5.07. The van der Waals surface area contributed by atoms with Crippen molar-refractivity contribution in [2.75, 3.05) is 4.72 Å². The molecule has 1 heterocycles. The summed E-state index contributed by atoms with van der Waals surface area (Å²) in [6.45, 7) is 0. The second kappa shape index (κ2) is 8.16. The molecule has 0 bridgehead atoms. The smallest absolute Gasteiger partial charge is 0.407 e. The quantitative estimate of drug-likeness (QED) is 0.461. The number of benzene rings is 3. The zero-order valence-electron chi connectivity index (χ0n) is 17.2. The lowest BCUT2D eigenvalue weighted by atomic mass is 9.89. The van der Waals surface area contributed by atoms with Crippen molar-refractivity contribution in [1.82, 2.24) is 0 Å². The number of para-hydroxylation sites is 1. The van der Waals surface area contributed by atoms with Crippen molar-refractivity contribution in [1.29, 1.82) is 0 Å². The van der Waals surface area contributed by atoms with E-state index in [-0.39, 0.29) is 16.8 Å². The van der Waals surface area contributed by atoms with Gasteiger partial charge in [0.15, 0.2) is 5.43 Å². The molecule has 7 heteroatoms. The molecule has 1 aliphatic rings. The fourth-order valence-electron chi connectivity index (χ4n) is 4.06. The highest BCUT2D eigenvalue weighted by atomic mass is 32.2. The maximum absolute atomic E-state index is 13.1. The second-order valence-electron chi connectivity index (χ2n) is 7.83. The van der Waals surface area contributed by atoms with E-state index in [1.165, 1.54) is 42.0 Å². The molecule has 4 aromatic rings. The lowest BCUT2D eigenvalue weighted by Gasteiger charge is -2.16. The molecular weight excluding hydrogens is 426 g/mol. The summed E-state index contributed by atoms with van der Waals surface area (Å²) in [4.78, 5) is 13.1. The van der Waals surface area contributed by atoms with Gasteiger partial charge in [-0.1, -0.05) is 36.4 Å². The summed E-state index contributed by atoms with van der Waals surface area (Å²) in [5.41, 5.74) is 4.41. The van der Waals surface area contributed by atoms with Gasteiger partial charge in [-0.15, -0.1) is 0 Å². The van der Waals surface area contributed by atoms with Gasteiger partial charge in [0.05, 0.1) is 16.6 Å². The molecule has 0 atom stereocenters. The minimum atomic E-state index is -4.10. The van der Waals surface area contributed by atoms with Crippen molar-refractivity contribution < 1.29 is 17.0 Å². The number of aryl methyl sites for hydroxylation is 2. The molecule has 1 N–H and O–H groups in total. The Labute approximate surface area is 185 Å². The van der Waals surface area contributed by atoms with Gasteiger partial charge in [0, 0.05) is 6.07 Å². The molecule has 0 unspecified atom stereocenters. The maximum atomic E-state index is 13.1. The second-order valence-corrected chi connectivity index (χ2v) is 9.11. The highest BCUT2D eigenvalue weighted by Gasteiger charge is 2.16. The van der Waals surface area contributed by atoms with Crippen LogP contribution in [-0.2, 0) is 23.1 Å². The third kappa shape index (κ3) is 4.11. The van der Waals surface area contributed by atoms with Crippen molar-refractivity contribution in [3.05, 3.63) is 94.3 Å². The van der Waals surface area contributed by atoms with Gasteiger partial charge in [-0.3, -0.25) is 9.52 Å². The van der Waals surface area contributed by atoms with Crippen LogP contribution in [0.25, 0.3) is 22.1 Å². The van der Waals surface area contributed by atoms with E-state index in [4.69, 9.17) is 8.60 Å². The van der Waals surface area contributed by atoms with E-state index in [1.807, 2.05) is 6.07 Å². The Morgan fingerprint density at radius 2 is 1.66 bits per heavy atom. The van der Waals surface area contributed by atoms with Crippen LogP contribution in [0, 0.1) is 0 Å². The van der Waals surface area contributed by atoms with Gasteiger partial charge in [-0.2, -0.15) is 8.42 Å². The van der Waals surface area contributed by atoms with Crippen molar-refractivity contribution >= 4 is 27.0 Å². The molecule has 1 aliphatic carbocycles. The molecular formula is C25H21NO5S. The summed E-state index contributed by atoms with van der Waals surface area (Å²) in [7, 11) is -4.10. The maximum Gasteiger partial charge on any atom is 0.407 e. The van der Waals surface area contributed by atoms with E-state index in [2.05, 4.69) is 16.9 Å². The molecule has 0 aliphatic heterocycles. The van der Waals surface area contributed by atoms with Gasteiger partial charge in [0.1, 0.15) is 17.6 Å². The van der Waals surface area contributed by atoms with Crippen LogP contribution in [0.3, 0.4) is 0 Å². The van der Waals surface area contributed by atoms with Crippen molar-refractivity contribution in [2.24, 2.45) is 0 Å². The molecule has 5 rings (SSSR count). The fourth-order valence-corrected chi connectivity index (χ4v) is 4.88. The molecule has 1 aromatic heterocycles. The van der Waals surface area contributed by atoms with Crippen LogP contribution in [0.4, 0.5) is 5.69 Å². The molecule has 0 saturated carbocycles. The Morgan fingerprint density at radius 3 is 2.47 bits per heavy atom. The topological polar surface area (TPSA) is 85.6 Å². The normalized spacial score (nSPS) is 13.5. The van der Waals surface area contributed by atoms with Gasteiger partial charge in [-0.05, 0) is 66.6 Å². The van der Waals surface area contributed by atoms with Crippen LogP contribution < -0.4 is 14.3 Å². The zero-order chi connectivity index (χ0) is 22.1. The molecule has 0 saturated heterocycles. The average Bonchev–Trinajstić information content (AvgIpc) is 2.79. The Balaban J connectivity index is 1.44. The fraction of sp³-hybridized carbons (Fsp3) is 0.160. The van der Waals surface area contributed by atoms with Crippen molar-refractivity contribution in [3.63, 3.8) is 0 Å². The first-order valence-electron chi connectivity index (χ1n) is 10.4. The van der Waals surface area contributed by atoms with Gasteiger partial charge >= 0.3 is 10.3 Å². The standard InChI is InChI=1S/C25H21NO5S/c27-25-22-13-12-21(31-32(28,29)26-20-8-2-1-3-9-20)15-24(22)30-16-23(25)19-11-10-17-6-4-5-7-18(17)14-19/h1-3,8-16,26H,4-7H2. The summed E-state index contributed by atoms with van der Waals surface area (Å²) in [5, 5.41) is 0.362. The monoisotopic (exact) mass is 447 g/mol. The van der Waals surface area contributed by atoms with Crippen LogP contribution in [0.2, 0.25) is 0 Å². The third-order valence-corrected chi connectivity index (χ3v) is 6.53. The number of rotatable bonds is 5. The molecule has 162 valence electrons. The Bertz CT molecular complexity index is 1460. The molecule has 0 amide bonds. The zero-order valence-corrected chi connectivity index (χ0v) is 18.0. The van der Waals surface area contributed by atoms with Crippen molar-refractivity contribution in [3.8, 4) is 16.9 Å². The van der Waals surface area contributed by atoms with Gasteiger partial charge in [-0.25, -0.2) is 0 Å². The van der Waals surface area contributed by atoms with Crippen LogP contribution in [0.15, 0.2) is 82.2 Å². The molecule has 0 fully saturated rings. The van der Waals surface area contributed by atoms with Gasteiger partial charge in [0.2, 0.25) is 0 Å². The van der Waals surface area contributed by atoms with Crippen LogP contribution in [0.5, 0.6) is 5.75 Å². The largest absolute Gasteiger partial charge is 0.463 e. The number of fused-ring (bicyclic) bond motifs is 2. The summed E-state index contributed by atoms with van der Waals surface area (Å²) < 4.78 is 37.8. The first-order valence-corrected chi connectivity index (χ1v) is 11.8. The SMILES string of the molecule is O=c1c(-c2ccc3c(c2)CCCC3)coc2cc(OS(=O)(=O)Nc3ccccc3)ccc12. The first-order chi connectivity index (χ1) is 15.5. The molecule has 6 nitrogen and oxygen atoms in total. The van der Waals surface area contributed by atoms with Crippen LogP contribution in [-0.4, -0.2) is 8.42 Å². The number of nitrogens with one attached hydrogen (secondary N) is 1. The minimum Gasteiger partial charge on any atom is -0.463 e. The summed E-state index contributed by atoms with van der Waals surface area (Å²) in [6, 6.07) is 18.9. The highest BCUT2D eigenvalue weighted by molar-refractivity contribution is 7.88. The molecule has 3 aromatic carbocycles. The summed E-state index contributed by atoms with van der Waals surface area (Å²) >= 11 is 0. The van der Waals surface area contributed by atoms with Crippen LogP contribution in [0.1, 0.15) is 24.0 Å². The van der Waals surface area contributed by atoms with E-state index < -0.39 is 10.3 Å². The third-order valence-electron chi connectivity index (χ3n) is 5.63. The summed E-state index contributed by atoms with van der Waals surface area (Å²) in [5.74, 6) is 0.0469. The minimum absolute atomic E-state index is 0.0469. The Morgan fingerprint density at radius 1 is 0.875 bits per heavy atom. The Kier molecular flexibility index (Phi) is 5.19. The first kappa shape index (κ1) is 20.3. The molecule has 0 spiro atoms. The summed E-state index contributed by atoms with van der Waals surface area (Å²) in [6.07, 6.45) is 5.88. The lowest BCUT2D eigenvalue weighted by molar-refractivity contribution is 0.491. The predicted molar refractivity (Wildman–Crippen MR) is 124 cm³/mol. The van der Waals surface area contributed by atoms with E-state index in [0.29, 0.717) is 16.6 Å². The van der Waals surface area contributed by atoms with E-state index in [1.54, 1.807) is 30.3 Å². The average molecular weight is 448 g/mol. The Hall–Kier alpha value is -3.58. The number of anilines is 1. The molecule has 32 heavy (non-hydrogen) atoms. The van der Waals surface area contributed by atoms with E-state index >= 15 is 0 Å².